The van der Waals surface area contributed by atoms with E-state index in [0.29, 0.717) is 12.8 Å². The Balaban J connectivity index is 1.70. The number of carboxylic acids is 1. The summed E-state index contributed by atoms with van der Waals surface area (Å²) in [7, 11) is 0. The molecular weight excluding hydrogens is 360 g/mol. The Morgan fingerprint density at radius 3 is 2.42 bits per heavy atom. The van der Waals surface area contributed by atoms with Gasteiger partial charge in [0.2, 0.25) is 0 Å². The molecule has 1 aromatic heterocycles. The first-order valence-corrected chi connectivity index (χ1v) is 9.06. The second-order valence-corrected chi connectivity index (χ2v) is 8.21. The molecule has 1 unspecified atom stereocenters. The van der Waals surface area contributed by atoms with Crippen LogP contribution >= 0.6 is 11.6 Å². The SMILES string of the molecule is CC(C)(C)OC(=O)N1[C@@H]2CC[C@H]1CC(Nc1nnc(Cl)cc1C(=O)O)C2. The number of carboxylic acid groups (broad SMARTS) is 1. The molecule has 3 rings (SSSR count). The number of aromatic carboxylic acids is 1. The third-order valence-electron chi connectivity index (χ3n) is 4.67. The van der Waals surface area contributed by atoms with Gasteiger partial charge in [0, 0.05) is 18.1 Å². The standard InChI is InChI=1S/C17H23ClN4O4/c1-17(2,3)26-16(25)22-10-4-5-11(22)7-9(6-10)19-14-12(15(23)24)8-13(18)20-21-14/h8-11H,4-7H2,1-3H3,(H,19,21)(H,23,24)/t9?,10-,11+. The summed E-state index contributed by atoms with van der Waals surface area (Å²) in [5.41, 5.74) is -0.534. The topological polar surface area (TPSA) is 105 Å². The zero-order chi connectivity index (χ0) is 19.1. The Hall–Kier alpha value is -2.09. The molecule has 0 aliphatic carbocycles. The van der Waals surface area contributed by atoms with Crippen molar-refractivity contribution in [3.63, 3.8) is 0 Å². The minimum absolute atomic E-state index is 0.00748. The average molecular weight is 383 g/mol. The van der Waals surface area contributed by atoms with Crippen LogP contribution in [0.2, 0.25) is 5.15 Å². The maximum atomic E-state index is 12.5. The zero-order valence-corrected chi connectivity index (χ0v) is 15.8. The van der Waals surface area contributed by atoms with Crippen LogP contribution in [0.3, 0.4) is 0 Å². The number of piperidine rings is 1. The Labute approximate surface area is 156 Å². The van der Waals surface area contributed by atoms with Gasteiger partial charge in [0.05, 0.1) is 0 Å². The van der Waals surface area contributed by atoms with E-state index in [4.69, 9.17) is 16.3 Å². The van der Waals surface area contributed by atoms with Crippen molar-refractivity contribution in [2.45, 2.75) is 70.2 Å². The first-order valence-electron chi connectivity index (χ1n) is 8.68. The van der Waals surface area contributed by atoms with E-state index in [1.807, 2.05) is 25.7 Å². The highest BCUT2D eigenvalue weighted by Crippen LogP contribution is 2.38. The fourth-order valence-electron chi connectivity index (χ4n) is 3.74. The van der Waals surface area contributed by atoms with Crippen molar-refractivity contribution in [1.29, 1.82) is 0 Å². The Kier molecular flexibility index (Phi) is 4.96. The summed E-state index contributed by atoms with van der Waals surface area (Å²) in [6.07, 6.45) is 2.97. The summed E-state index contributed by atoms with van der Waals surface area (Å²) in [4.78, 5) is 25.7. The number of ether oxygens (including phenoxy) is 1. The van der Waals surface area contributed by atoms with Crippen molar-refractivity contribution in [3.8, 4) is 0 Å². The van der Waals surface area contributed by atoms with Crippen molar-refractivity contribution in [3.05, 3.63) is 16.8 Å². The van der Waals surface area contributed by atoms with Crippen LogP contribution in [-0.4, -0.2) is 56.0 Å². The van der Waals surface area contributed by atoms with Crippen LogP contribution in [0.15, 0.2) is 6.07 Å². The summed E-state index contributed by atoms with van der Waals surface area (Å²) in [5, 5.41) is 20.2. The maximum Gasteiger partial charge on any atom is 0.410 e. The second kappa shape index (κ2) is 6.90. The first-order chi connectivity index (χ1) is 12.1. The molecule has 1 amide bonds. The lowest BCUT2D eigenvalue weighted by Gasteiger charge is -2.39. The van der Waals surface area contributed by atoms with Crippen LogP contribution < -0.4 is 5.32 Å². The number of fused-ring (bicyclic) bond motifs is 2. The van der Waals surface area contributed by atoms with Gasteiger partial charge >= 0.3 is 12.1 Å². The van der Waals surface area contributed by atoms with Gasteiger partial charge in [0.25, 0.3) is 0 Å². The van der Waals surface area contributed by atoms with Crippen molar-refractivity contribution in [2.24, 2.45) is 0 Å². The van der Waals surface area contributed by atoms with E-state index in [9.17, 15) is 14.7 Å². The molecule has 3 heterocycles. The molecule has 2 bridgehead atoms. The number of hydrogen-bond donors (Lipinski definition) is 2. The fraction of sp³-hybridized carbons (Fsp3) is 0.647. The van der Waals surface area contributed by atoms with E-state index in [1.54, 1.807) is 0 Å². The summed E-state index contributed by atoms with van der Waals surface area (Å²) < 4.78 is 5.53. The van der Waals surface area contributed by atoms with Crippen molar-refractivity contribution in [2.75, 3.05) is 5.32 Å². The summed E-state index contributed by atoms with van der Waals surface area (Å²) in [6.45, 7) is 5.56. The average Bonchev–Trinajstić information content (AvgIpc) is 2.79. The number of nitrogens with zero attached hydrogens (tertiary/aromatic N) is 3. The summed E-state index contributed by atoms with van der Waals surface area (Å²) in [5.74, 6) is -0.907. The number of aromatic nitrogens is 2. The molecule has 26 heavy (non-hydrogen) atoms. The lowest BCUT2D eigenvalue weighted by atomic mass is 9.97. The number of carbonyl (C=O) groups excluding carboxylic acids is 1. The van der Waals surface area contributed by atoms with Crippen LogP contribution in [-0.2, 0) is 4.74 Å². The van der Waals surface area contributed by atoms with Crippen LogP contribution in [0.5, 0.6) is 0 Å². The van der Waals surface area contributed by atoms with Gasteiger partial charge in [0.15, 0.2) is 11.0 Å². The Morgan fingerprint density at radius 2 is 1.88 bits per heavy atom. The number of nitrogens with one attached hydrogen (secondary N) is 1. The van der Waals surface area contributed by atoms with Gasteiger partial charge in [-0.3, -0.25) is 0 Å². The van der Waals surface area contributed by atoms with E-state index in [0.717, 1.165) is 12.8 Å². The monoisotopic (exact) mass is 382 g/mol. The summed E-state index contributed by atoms with van der Waals surface area (Å²) >= 11 is 5.74. The van der Waals surface area contributed by atoms with Crippen LogP contribution in [0.4, 0.5) is 10.6 Å². The molecule has 0 spiro atoms. The molecule has 2 saturated heterocycles. The van der Waals surface area contributed by atoms with E-state index in [-0.39, 0.29) is 40.8 Å². The van der Waals surface area contributed by atoms with E-state index in [1.165, 1.54) is 6.07 Å². The highest BCUT2D eigenvalue weighted by Gasteiger charge is 2.45. The van der Waals surface area contributed by atoms with Crippen molar-refractivity contribution in [1.82, 2.24) is 15.1 Å². The predicted molar refractivity (Wildman–Crippen MR) is 95.5 cm³/mol. The van der Waals surface area contributed by atoms with Crippen LogP contribution in [0.1, 0.15) is 56.8 Å². The minimum Gasteiger partial charge on any atom is -0.478 e. The smallest absolute Gasteiger partial charge is 0.410 e. The molecule has 9 heteroatoms. The normalized spacial score (nSPS) is 25.1. The van der Waals surface area contributed by atoms with E-state index in [2.05, 4.69) is 15.5 Å². The second-order valence-electron chi connectivity index (χ2n) is 7.82. The molecule has 0 saturated carbocycles. The number of carbonyl (C=O) groups is 2. The molecule has 0 radical (unpaired) electrons. The highest BCUT2D eigenvalue weighted by atomic mass is 35.5. The molecule has 2 N–H and O–H groups in total. The lowest BCUT2D eigenvalue weighted by molar-refractivity contribution is 0.00682. The van der Waals surface area contributed by atoms with E-state index >= 15 is 0 Å². The molecule has 2 aliphatic heterocycles. The third kappa shape index (κ3) is 4.00. The molecule has 0 aromatic carbocycles. The lowest BCUT2D eigenvalue weighted by Crippen LogP contribution is -2.51. The van der Waals surface area contributed by atoms with Crippen LogP contribution in [0.25, 0.3) is 0 Å². The quantitative estimate of drug-likeness (QED) is 0.827. The van der Waals surface area contributed by atoms with Gasteiger partial charge < -0.3 is 20.1 Å². The zero-order valence-electron chi connectivity index (χ0n) is 15.0. The number of hydrogen-bond acceptors (Lipinski definition) is 6. The number of halogens is 1. The number of rotatable bonds is 3. The predicted octanol–water partition coefficient (Wildman–Crippen LogP) is 3.17. The molecule has 8 nitrogen and oxygen atoms in total. The Morgan fingerprint density at radius 1 is 1.27 bits per heavy atom. The van der Waals surface area contributed by atoms with Crippen molar-refractivity contribution >= 4 is 29.5 Å². The number of anilines is 1. The van der Waals surface area contributed by atoms with Gasteiger partial charge in [-0.25, -0.2) is 9.59 Å². The molecule has 2 fully saturated rings. The van der Waals surface area contributed by atoms with Gasteiger partial charge in [-0.05, 0) is 52.5 Å². The maximum absolute atomic E-state index is 12.5. The highest BCUT2D eigenvalue weighted by molar-refractivity contribution is 6.29. The fourth-order valence-corrected chi connectivity index (χ4v) is 3.89. The van der Waals surface area contributed by atoms with Gasteiger partial charge in [-0.2, -0.15) is 0 Å². The number of amides is 1. The summed E-state index contributed by atoms with van der Waals surface area (Å²) in [6, 6.07) is 1.45. The molecular formula is C17H23ClN4O4. The first kappa shape index (κ1) is 18.7. The van der Waals surface area contributed by atoms with Gasteiger partial charge in [-0.1, -0.05) is 11.6 Å². The Bertz CT molecular complexity index is 707. The largest absolute Gasteiger partial charge is 0.478 e. The third-order valence-corrected chi connectivity index (χ3v) is 4.86. The van der Waals surface area contributed by atoms with Crippen molar-refractivity contribution < 1.29 is 19.4 Å². The van der Waals surface area contributed by atoms with Gasteiger partial charge in [-0.15, -0.1) is 10.2 Å². The van der Waals surface area contributed by atoms with E-state index < -0.39 is 11.6 Å². The molecule has 1 aromatic rings. The molecule has 3 atom stereocenters. The molecule has 142 valence electrons. The molecule has 2 aliphatic rings. The van der Waals surface area contributed by atoms with Gasteiger partial charge in [0.1, 0.15) is 11.2 Å². The minimum atomic E-state index is -1.11. The van der Waals surface area contributed by atoms with Crippen LogP contribution in [0, 0.1) is 0 Å².